The molecule has 1 aromatic rings. The zero-order valence-corrected chi connectivity index (χ0v) is 13.7. The first-order valence-electron chi connectivity index (χ1n) is 7.65. The van der Waals surface area contributed by atoms with Crippen molar-refractivity contribution >= 4 is 10.0 Å². The van der Waals surface area contributed by atoms with Crippen LogP contribution in [0.25, 0.3) is 0 Å². The lowest BCUT2D eigenvalue weighted by molar-refractivity contribution is 0.281. The highest BCUT2D eigenvalue weighted by Gasteiger charge is 2.29. The van der Waals surface area contributed by atoms with Gasteiger partial charge < -0.3 is 5.11 Å². The minimum atomic E-state index is -3.50. The maximum absolute atomic E-state index is 12.9. The molecule has 5 heteroatoms. The number of hydrogen-bond acceptors (Lipinski definition) is 3. The van der Waals surface area contributed by atoms with Crippen molar-refractivity contribution in [2.45, 2.75) is 63.0 Å². The quantitative estimate of drug-likeness (QED) is 0.870. The topological polar surface area (TPSA) is 57.6 Å². The maximum Gasteiger partial charge on any atom is 0.243 e. The van der Waals surface area contributed by atoms with Crippen LogP contribution in [0.2, 0.25) is 0 Å². The number of rotatable bonds is 4. The van der Waals surface area contributed by atoms with Crippen LogP contribution in [0.15, 0.2) is 23.1 Å². The third kappa shape index (κ3) is 3.65. The zero-order valence-electron chi connectivity index (χ0n) is 12.9. The third-order valence-corrected chi connectivity index (χ3v) is 6.48. The third-order valence-electron chi connectivity index (χ3n) is 4.43. The van der Waals surface area contributed by atoms with E-state index in [1.165, 1.54) is 12.8 Å². The van der Waals surface area contributed by atoms with E-state index in [-0.39, 0.29) is 12.6 Å². The van der Waals surface area contributed by atoms with E-state index >= 15 is 0 Å². The summed E-state index contributed by atoms with van der Waals surface area (Å²) in [4.78, 5) is 0.320. The van der Waals surface area contributed by atoms with Gasteiger partial charge in [-0.05, 0) is 37.0 Å². The first-order valence-corrected chi connectivity index (χ1v) is 9.09. The second-order valence-corrected chi connectivity index (χ2v) is 7.89. The lowest BCUT2D eigenvalue weighted by Gasteiger charge is -2.27. The van der Waals surface area contributed by atoms with Gasteiger partial charge in [0.15, 0.2) is 0 Å². The van der Waals surface area contributed by atoms with E-state index < -0.39 is 10.0 Å². The Labute approximate surface area is 127 Å². The van der Waals surface area contributed by atoms with Crippen LogP contribution in [0, 0.1) is 6.92 Å². The Hall–Kier alpha value is -0.910. The SMILES string of the molecule is Cc1ccc(CO)cc1S(=O)(=O)N(C)C1CCCCCC1. The molecule has 0 saturated heterocycles. The summed E-state index contributed by atoms with van der Waals surface area (Å²) in [5.74, 6) is 0. The molecule has 0 unspecified atom stereocenters. The van der Waals surface area contributed by atoms with Crippen molar-refractivity contribution in [3.05, 3.63) is 29.3 Å². The van der Waals surface area contributed by atoms with Gasteiger partial charge in [0.1, 0.15) is 0 Å². The molecule has 0 heterocycles. The predicted octanol–water partition coefficient (Wildman–Crippen LogP) is 2.83. The number of nitrogens with zero attached hydrogens (tertiary/aromatic N) is 1. The van der Waals surface area contributed by atoms with Gasteiger partial charge in [-0.3, -0.25) is 0 Å². The molecule has 118 valence electrons. The van der Waals surface area contributed by atoms with E-state index in [1.807, 2.05) is 0 Å². The fourth-order valence-corrected chi connectivity index (χ4v) is 4.68. The molecule has 1 aliphatic rings. The normalized spacial score (nSPS) is 17.9. The van der Waals surface area contributed by atoms with Gasteiger partial charge in [0.05, 0.1) is 11.5 Å². The summed E-state index contributed by atoms with van der Waals surface area (Å²) in [6.07, 6.45) is 6.47. The minimum absolute atomic E-state index is 0.0923. The Morgan fingerprint density at radius 3 is 2.38 bits per heavy atom. The number of aliphatic hydroxyl groups is 1. The van der Waals surface area contributed by atoms with Gasteiger partial charge in [0, 0.05) is 13.1 Å². The molecule has 1 aliphatic carbocycles. The Balaban J connectivity index is 2.31. The van der Waals surface area contributed by atoms with E-state index in [0.717, 1.165) is 31.2 Å². The van der Waals surface area contributed by atoms with Crippen molar-refractivity contribution in [3.8, 4) is 0 Å². The number of benzene rings is 1. The second kappa shape index (κ2) is 6.90. The number of sulfonamides is 1. The molecule has 21 heavy (non-hydrogen) atoms. The van der Waals surface area contributed by atoms with Gasteiger partial charge >= 0.3 is 0 Å². The molecule has 0 aromatic heterocycles. The lowest BCUT2D eigenvalue weighted by atomic mass is 10.1. The van der Waals surface area contributed by atoms with Crippen LogP contribution in [0.1, 0.15) is 49.7 Å². The van der Waals surface area contributed by atoms with Crippen LogP contribution in [0.4, 0.5) is 0 Å². The number of hydrogen-bond donors (Lipinski definition) is 1. The van der Waals surface area contributed by atoms with Crippen molar-refractivity contribution in [1.29, 1.82) is 0 Å². The van der Waals surface area contributed by atoms with Crippen molar-refractivity contribution in [2.75, 3.05) is 7.05 Å². The molecule has 0 spiro atoms. The van der Waals surface area contributed by atoms with Crippen molar-refractivity contribution in [1.82, 2.24) is 4.31 Å². The Kier molecular flexibility index (Phi) is 5.41. The summed E-state index contributed by atoms with van der Waals surface area (Å²) in [5.41, 5.74) is 1.36. The largest absolute Gasteiger partial charge is 0.392 e. The zero-order chi connectivity index (χ0) is 15.5. The van der Waals surface area contributed by atoms with Crippen molar-refractivity contribution < 1.29 is 13.5 Å². The number of aryl methyl sites for hydroxylation is 1. The highest BCUT2D eigenvalue weighted by Crippen LogP contribution is 2.27. The average molecular weight is 311 g/mol. The molecule has 1 fully saturated rings. The van der Waals surface area contributed by atoms with E-state index in [1.54, 1.807) is 36.5 Å². The van der Waals surface area contributed by atoms with Crippen LogP contribution in [0.5, 0.6) is 0 Å². The van der Waals surface area contributed by atoms with Crippen molar-refractivity contribution in [3.63, 3.8) is 0 Å². The molecular weight excluding hydrogens is 286 g/mol. The van der Waals surface area contributed by atoms with Gasteiger partial charge in [-0.25, -0.2) is 8.42 Å². The highest BCUT2D eigenvalue weighted by atomic mass is 32.2. The maximum atomic E-state index is 12.9. The molecular formula is C16H25NO3S. The Morgan fingerprint density at radius 1 is 1.19 bits per heavy atom. The van der Waals surface area contributed by atoms with Gasteiger partial charge in [0.2, 0.25) is 10.0 Å². The summed E-state index contributed by atoms with van der Waals surface area (Å²) < 4.78 is 27.3. The molecule has 0 atom stereocenters. The molecule has 4 nitrogen and oxygen atoms in total. The van der Waals surface area contributed by atoms with Gasteiger partial charge in [-0.15, -0.1) is 0 Å². The van der Waals surface area contributed by atoms with Crippen LogP contribution >= 0.6 is 0 Å². The van der Waals surface area contributed by atoms with Crippen molar-refractivity contribution in [2.24, 2.45) is 0 Å². The van der Waals surface area contributed by atoms with E-state index in [4.69, 9.17) is 0 Å². The van der Waals surface area contributed by atoms with Gasteiger partial charge in [-0.1, -0.05) is 37.8 Å². The Bertz CT molecular complexity index is 575. The molecule has 1 aromatic carbocycles. The van der Waals surface area contributed by atoms with Gasteiger partial charge in [-0.2, -0.15) is 4.31 Å². The van der Waals surface area contributed by atoms with E-state index in [9.17, 15) is 13.5 Å². The summed E-state index contributed by atoms with van der Waals surface area (Å²) in [7, 11) is -1.81. The van der Waals surface area contributed by atoms with E-state index in [0.29, 0.717) is 10.5 Å². The van der Waals surface area contributed by atoms with Crippen LogP contribution in [-0.4, -0.2) is 30.9 Å². The average Bonchev–Trinajstić information content (AvgIpc) is 2.75. The molecule has 0 amide bonds. The first kappa shape index (κ1) is 16.5. The van der Waals surface area contributed by atoms with E-state index in [2.05, 4.69) is 0 Å². The summed E-state index contributed by atoms with van der Waals surface area (Å²) in [5, 5.41) is 9.23. The molecule has 2 rings (SSSR count). The Morgan fingerprint density at radius 2 is 1.81 bits per heavy atom. The minimum Gasteiger partial charge on any atom is -0.392 e. The summed E-state index contributed by atoms with van der Waals surface area (Å²) >= 11 is 0. The van der Waals surface area contributed by atoms with Crippen LogP contribution in [-0.2, 0) is 16.6 Å². The number of aliphatic hydroxyl groups excluding tert-OH is 1. The molecule has 0 radical (unpaired) electrons. The highest BCUT2D eigenvalue weighted by molar-refractivity contribution is 7.89. The van der Waals surface area contributed by atoms with Crippen LogP contribution in [0.3, 0.4) is 0 Å². The lowest BCUT2D eigenvalue weighted by Crippen LogP contribution is -2.37. The molecule has 1 saturated carbocycles. The smallest absolute Gasteiger partial charge is 0.243 e. The van der Waals surface area contributed by atoms with Crippen LogP contribution < -0.4 is 0 Å². The molecule has 0 bridgehead atoms. The predicted molar refractivity (Wildman–Crippen MR) is 83.5 cm³/mol. The molecule has 1 N–H and O–H groups in total. The fourth-order valence-electron chi connectivity index (χ4n) is 2.99. The van der Waals surface area contributed by atoms with Gasteiger partial charge in [0.25, 0.3) is 0 Å². The second-order valence-electron chi connectivity index (χ2n) is 5.92. The first-order chi connectivity index (χ1) is 9.96. The standard InChI is InChI=1S/C16H25NO3S/c1-13-9-10-14(12-18)11-16(13)21(19,20)17(2)15-7-5-3-4-6-8-15/h9-11,15,18H,3-8,12H2,1-2H3. The summed E-state index contributed by atoms with van der Waals surface area (Å²) in [6, 6.07) is 5.21. The summed E-state index contributed by atoms with van der Waals surface area (Å²) in [6.45, 7) is 1.66. The monoisotopic (exact) mass is 311 g/mol. The fraction of sp³-hybridized carbons (Fsp3) is 0.625. The molecule has 0 aliphatic heterocycles.